The number of sulfonamides is 1. The zero-order valence-corrected chi connectivity index (χ0v) is 68.6. The first kappa shape index (κ1) is 88.3. The highest BCUT2D eigenvalue weighted by Crippen LogP contribution is 2.55. The van der Waals surface area contributed by atoms with Gasteiger partial charge in [0, 0.05) is 37.6 Å². The Morgan fingerprint density at radius 2 is 1.40 bits per heavy atom. The maximum absolute atomic E-state index is 16.6. The molecule has 0 spiro atoms. The summed E-state index contributed by atoms with van der Waals surface area (Å²) in [4.78, 5) is 124. The van der Waals surface area contributed by atoms with Crippen LogP contribution in [0.25, 0.3) is 0 Å². The van der Waals surface area contributed by atoms with Gasteiger partial charge in [-0.15, -0.1) is 0 Å². The molecule has 650 valence electrons. The van der Waals surface area contributed by atoms with Crippen molar-refractivity contribution in [1.82, 2.24) is 47.3 Å². The molecule has 8 amide bonds. The fourth-order valence-corrected chi connectivity index (χ4v) is 19.4. The van der Waals surface area contributed by atoms with E-state index in [1.54, 1.807) is 6.92 Å². The summed E-state index contributed by atoms with van der Waals surface area (Å²) >= 11 is 7.22. The third-order valence-electron chi connectivity index (χ3n) is 24.1. The number of nitrogens with two attached hydrogens (primary N) is 1. The highest BCUT2D eigenvalue weighted by molar-refractivity contribution is 7.90. The predicted molar refractivity (Wildman–Crippen MR) is 427 cm³/mol. The monoisotopic (exact) mass is 1710 g/mol. The molecule has 1 unspecified atom stereocenters. The minimum Gasteiger partial charge on any atom is -0.512 e. The van der Waals surface area contributed by atoms with Gasteiger partial charge in [-0.05, 0) is 203 Å². The van der Waals surface area contributed by atoms with Crippen LogP contribution >= 0.6 is 11.6 Å². The molecular weight excluding hydrogens is 1600 g/mol. The number of aliphatic hydroxyl groups is 8. The summed E-state index contributed by atoms with van der Waals surface area (Å²) in [6.07, 6.45) is -7.79. The number of hydrogen-bond donors (Lipinski definition) is 18. The van der Waals surface area contributed by atoms with Crippen molar-refractivity contribution in [2.75, 3.05) is 46.6 Å². The van der Waals surface area contributed by atoms with Gasteiger partial charge in [0.2, 0.25) is 59.3 Å². The topological polar surface area (TPSA) is 531 Å². The SMILES string of the molecule is CCOCCOCCOc1ccc(S(=O)(=O)NC(=O)C[C@@H]2NC(=O)[C@H](NC(=O)[C@@H](CC(C)C)NC)[C@H](O)C3=CC(C)=C(CC3)Oc3cc4cc(c3O[C@@H]3O[C@H](CN)[C@@H](O)[C@H](O)[C@H]3O)Oc3ccc(cc3Cl)[C@@H](O)[C@@H]3NC(=O)[C@H](NC(=O)[C@@H]4NC2=O)C2=CC=C(O)C(C)(C2)C2=C(O)C[C@@H](O)C=C2[C@@H](C(=O)NC2C4CC5CC(C4)CC2C5)NC3=O)cc1. The number of benzene rings is 3. The molecule has 4 saturated carbocycles. The number of nitrogens with one attached hydrogen (secondary N) is 9. The Bertz CT molecular complexity index is 4750. The lowest BCUT2D eigenvalue weighted by Gasteiger charge is -2.54. The Labute approximate surface area is 697 Å². The number of hydrogen-bond acceptors (Lipinski definition) is 27. The molecule has 16 rings (SSSR count). The zero-order valence-electron chi connectivity index (χ0n) is 67.0. The second kappa shape index (κ2) is 37.0. The first-order valence-corrected chi connectivity index (χ1v) is 42.3. The van der Waals surface area contributed by atoms with E-state index >= 15 is 28.8 Å². The van der Waals surface area contributed by atoms with Crippen LogP contribution in [0.3, 0.4) is 0 Å². The van der Waals surface area contributed by atoms with Crippen molar-refractivity contribution in [2.45, 2.75) is 207 Å². The van der Waals surface area contributed by atoms with E-state index in [0.717, 1.165) is 68.5 Å². The van der Waals surface area contributed by atoms with E-state index in [1.165, 1.54) is 56.5 Å². The van der Waals surface area contributed by atoms with E-state index in [4.69, 9.17) is 50.5 Å². The van der Waals surface area contributed by atoms with Crippen molar-refractivity contribution in [3.05, 3.63) is 140 Å². The van der Waals surface area contributed by atoms with Crippen molar-refractivity contribution in [3.63, 3.8) is 0 Å². The number of carbonyl (C=O) groups is 8. The number of amides is 8. The van der Waals surface area contributed by atoms with Crippen LogP contribution < -0.4 is 71.9 Å². The van der Waals surface area contributed by atoms with Crippen LogP contribution in [0.5, 0.6) is 28.7 Å². The van der Waals surface area contributed by atoms with Gasteiger partial charge in [0.15, 0.2) is 11.5 Å². The summed E-state index contributed by atoms with van der Waals surface area (Å²) in [5, 5.41) is 117. The molecule has 6 aliphatic heterocycles. The van der Waals surface area contributed by atoms with Crippen molar-refractivity contribution in [2.24, 2.45) is 40.7 Å². The third-order valence-corrected chi connectivity index (χ3v) is 25.8. The quantitative estimate of drug-likeness (QED) is 0.0638. The van der Waals surface area contributed by atoms with Gasteiger partial charge < -0.3 is 122 Å². The zero-order chi connectivity index (χ0) is 86.1. The largest absolute Gasteiger partial charge is 0.512 e. The molecule has 3 aromatic rings. The molecule has 6 fully saturated rings. The highest BCUT2D eigenvalue weighted by Gasteiger charge is 2.54. The normalized spacial score (nSPS) is 31.5. The summed E-state index contributed by atoms with van der Waals surface area (Å²) < 4.78 is 73.1. The second-order valence-corrected chi connectivity index (χ2v) is 35.1. The van der Waals surface area contributed by atoms with E-state index in [9.17, 15) is 58.9 Å². The van der Waals surface area contributed by atoms with Gasteiger partial charge in [-0.25, -0.2) is 13.1 Å². The fraction of sp³-hybridized carbons (Fsp3) is 0.542. The number of rotatable bonds is 22. The third kappa shape index (κ3) is 19.0. The number of fused-ring (bicyclic) bond motifs is 15. The minimum atomic E-state index is -4.91. The van der Waals surface area contributed by atoms with Crippen molar-refractivity contribution in [1.29, 1.82) is 0 Å². The van der Waals surface area contributed by atoms with Crippen LogP contribution in [0, 0.1) is 35.0 Å². The number of halogens is 1. The summed E-state index contributed by atoms with van der Waals surface area (Å²) in [5.41, 5.74) is 3.35. The average molecular weight is 1710 g/mol. The fourth-order valence-electron chi connectivity index (χ4n) is 18.2. The van der Waals surface area contributed by atoms with Crippen molar-refractivity contribution >= 4 is 68.9 Å². The Balaban J connectivity index is 0.966. The van der Waals surface area contributed by atoms with Gasteiger partial charge in [0.05, 0.1) is 59.5 Å². The molecule has 2 saturated heterocycles. The van der Waals surface area contributed by atoms with Gasteiger partial charge in [0.1, 0.15) is 102 Å². The molecule has 120 heavy (non-hydrogen) atoms. The lowest BCUT2D eigenvalue weighted by Crippen LogP contribution is -2.63. The summed E-state index contributed by atoms with van der Waals surface area (Å²) in [5.74, 6) is -11.6. The molecule has 0 aromatic heterocycles. The number of aliphatic hydroxyl groups excluding tert-OH is 8. The summed E-state index contributed by atoms with van der Waals surface area (Å²) in [7, 11) is -3.42. The second-order valence-electron chi connectivity index (χ2n) is 33.0. The molecule has 35 nitrogen and oxygen atoms in total. The Hall–Kier alpha value is -9.54. The number of likely N-dealkylation sites (N-methyl/N-ethyl adjacent to an activating group) is 1. The molecule has 15 bridgehead atoms. The molecule has 7 aliphatic carbocycles. The lowest BCUT2D eigenvalue weighted by atomic mass is 9.54. The van der Waals surface area contributed by atoms with Crippen LogP contribution in [0.2, 0.25) is 5.02 Å². The molecule has 3 aromatic carbocycles. The van der Waals surface area contributed by atoms with Gasteiger partial charge in [-0.2, -0.15) is 0 Å². The minimum absolute atomic E-state index is 0.0580. The first-order chi connectivity index (χ1) is 57.1. The first-order valence-electron chi connectivity index (χ1n) is 40.5. The van der Waals surface area contributed by atoms with Crippen LogP contribution in [0.4, 0.5) is 0 Å². The maximum atomic E-state index is 16.6. The Kier molecular flexibility index (Phi) is 27.2. The molecule has 19 N–H and O–H groups in total. The van der Waals surface area contributed by atoms with E-state index < -0.39 is 219 Å². The lowest BCUT2D eigenvalue weighted by molar-refractivity contribution is -0.270. The Morgan fingerprint density at radius 1 is 0.725 bits per heavy atom. The van der Waals surface area contributed by atoms with E-state index in [2.05, 4.69) is 42.5 Å². The van der Waals surface area contributed by atoms with Gasteiger partial charge in [-0.1, -0.05) is 43.7 Å². The number of allylic oxidation sites excluding steroid dienone is 6. The van der Waals surface area contributed by atoms with Crippen LogP contribution in [-0.4, -0.2) is 228 Å². The van der Waals surface area contributed by atoms with Crippen LogP contribution in [-0.2, 0) is 62.6 Å². The van der Waals surface area contributed by atoms with Crippen LogP contribution in [0.1, 0.15) is 129 Å². The van der Waals surface area contributed by atoms with E-state index in [-0.39, 0.29) is 112 Å². The summed E-state index contributed by atoms with van der Waals surface area (Å²) in [6, 6.07) is -3.65. The predicted octanol–water partition coefficient (Wildman–Crippen LogP) is 1.85. The molecule has 16 atom stereocenters. The molecule has 0 radical (unpaired) electrons. The van der Waals surface area contributed by atoms with Crippen molar-refractivity contribution in [3.8, 4) is 28.7 Å². The van der Waals surface area contributed by atoms with Gasteiger partial charge in [-0.3, -0.25) is 38.4 Å². The maximum Gasteiger partial charge on any atom is 0.264 e. The Morgan fingerprint density at radius 3 is 2.07 bits per heavy atom. The highest BCUT2D eigenvalue weighted by atomic mass is 35.5. The number of ether oxygens (including phenoxy) is 7. The van der Waals surface area contributed by atoms with E-state index in [0.29, 0.717) is 31.7 Å². The van der Waals surface area contributed by atoms with Gasteiger partial charge in [0.25, 0.3) is 10.0 Å². The van der Waals surface area contributed by atoms with Crippen LogP contribution in [0.15, 0.2) is 129 Å². The molecule has 6 heterocycles. The summed E-state index contributed by atoms with van der Waals surface area (Å²) in [6.45, 7) is 9.41. The molecular formula is C83H105ClN10O25S. The standard InChI is InChI=1S/C83H105ClN10O25S/c1-7-113-18-19-114-20-21-115-48-11-13-49(14-12-48)120(111,112)94-61(98)34-53-76(105)89-65-46-30-57(116-55-15-8-41(23-38(55)4)69(99)67(80(109)87-53)92-75(104)52(86-6)22-37(2)3)74(119-82-73(103)72(102)71(101)59(36-85)118-82)58(31-46)117-56-16-9-42(29-51(56)84)70(100)68-81(110)91-66(79(108)88-63-44-25-39-24-40(27-44)28-45(63)26-39)50-32-47(95)33-54(96)62(50)83(5)35-43(10-17-60(83)97)64(77(106)93-68)90-78(65)107/h9-14,16-17,23,29-32,37,39-40,44-45,47,52-53,59,63-73,82,86,95-97,99-103H,7-8,15,18-22,24-28,33-36,85H2,1-6H3,(H,87,109)(H,88,108)(H,89,105)(H,90,107)(H,91,110)(H,92,104)(H,93,106)(H,94,98)/t39?,40?,44?,45?,47-,52+,53-,59+,63?,64+,65+,66-,67+,68-,69+,70+,71+,72-,73+,82-,83?/m0/s1. The van der Waals surface area contributed by atoms with Gasteiger partial charge >= 0.3 is 0 Å². The smallest absolute Gasteiger partial charge is 0.264 e. The van der Waals surface area contributed by atoms with E-state index in [1.807, 2.05) is 25.5 Å². The van der Waals surface area contributed by atoms with Crippen molar-refractivity contribution < 1.29 is 121 Å². The average Bonchev–Trinajstić information content (AvgIpc) is 0.734. The molecule has 37 heteroatoms. The number of carbonyl (C=O) groups excluding carboxylic acids is 8. The molecule has 13 aliphatic rings.